The van der Waals surface area contributed by atoms with Gasteiger partial charge in [0.25, 0.3) is 5.91 Å². The molecule has 0 spiro atoms. The molecule has 3 rings (SSSR count). The number of esters is 1. The highest BCUT2D eigenvalue weighted by atomic mass is 35.5. The summed E-state index contributed by atoms with van der Waals surface area (Å²) in [6.07, 6.45) is 2.26. The zero-order chi connectivity index (χ0) is 20.3. The summed E-state index contributed by atoms with van der Waals surface area (Å²) in [5, 5.41) is 3.17. The van der Waals surface area contributed by atoms with Crippen molar-refractivity contribution in [2.75, 3.05) is 7.11 Å². The summed E-state index contributed by atoms with van der Waals surface area (Å²) >= 11 is 7.55. The summed E-state index contributed by atoms with van der Waals surface area (Å²) in [6, 6.07) is 7.52. The van der Waals surface area contributed by atoms with E-state index >= 15 is 0 Å². The van der Waals surface area contributed by atoms with Gasteiger partial charge in [-0.3, -0.25) is 9.59 Å². The molecule has 0 atom stereocenters. The van der Waals surface area contributed by atoms with E-state index in [2.05, 4.69) is 4.98 Å². The molecular formula is C20H20ClN3O3S. The van der Waals surface area contributed by atoms with Crippen LogP contribution in [0.3, 0.4) is 0 Å². The first-order chi connectivity index (χ1) is 13.4. The zero-order valence-electron chi connectivity index (χ0n) is 15.6. The number of rotatable bonds is 7. The maximum atomic E-state index is 12.3. The number of thiazole rings is 1. The van der Waals surface area contributed by atoms with Gasteiger partial charge in [0.15, 0.2) is 0 Å². The van der Waals surface area contributed by atoms with Gasteiger partial charge < -0.3 is 15.0 Å². The highest BCUT2D eigenvalue weighted by Crippen LogP contribution is 2.35. The summed E-state index contributed by atoms with van der Waals surface area (Å²) in [4.78, 5) is 28.4. The molecule has 2 N–H and O–H groups in total. The van der Waals surface area contributed by atoms with Gasteiger partial charge in [0, 0.05) is 40.1 Å². The van der Waals surface area contributed by atoms with Gasteiger partial charge in [0.05, 0.1) is 19.1 Å². The topological polar surface area (TPSA) is 87.2 Å². The monoisotopic (exact) mass is 417 g/mol. The summed E-state index contributed by atoms with van der Waals surface area (Å²) in [6.45, 7) is 2.35. The fourth-order valence-electron chi connectivity index (χ4n) is 3.29. The van der Waals surface area contributed by atoms with Crippen molar-refractivity contribution in [3.63, 3.8) is 0 Å². The van der Waals surface area contributed by atoms with E-state index in [1.165, 1.54) is 18.4 Å². The lowest BCUT2D eigenvalue weighted by Gasteiger charge is -2.13. The minimum atomic E-state index is -0.521. The van der Waals surface area contributed by atoms with E-state index in [-0.39, 0.29) is 12.4 Å². The third-order valence-corrected chi connectivity index (χ3v) is 5.57. The lowest BCUT2D eigenvalue weighted by atomic mass is 10.1. The van der Waals surface area contributed by atoms with E-state index in [4.69, 9.17) is 22.1 Å². The molecule has 1 aromatic carbocycles. The number of carbonyl (C=O) groups excluding carboxylic acids is 2. The third kappa shape index (κ3) is 4.10. The molecule has 146 valence electrons. The molecule has 0 bridgehead atoms. The van der Waals surface area contributed by atoms with Crippen LogP contribution in [0, 0.1) is 6.92 Å². The van der Waals surface area contributed by atoms with E-state index in [1.807, 2.05) is 41.1 Å². The number of nitrogens with two attached hydrogens (primary N) is 1. The summed E-state index contributed by atoms with van der Waals surface area (Å²) in [5.74, 6) is -0.842. The number of nitrogens with zero attached hydrogens (tertiary/aromatic N) is 2. The van der Waals surface area contributed by atoms with Crippen LogP contribution >= 0.6 is 22.9 Å². The van der Waals surface area contributed by atoms with Gasteiger partial charge in [0.2, 0.25) is 0 Å². The molecule has 2 aromatic heterocycles. The molecule has 0 aliphatic carbocycles. The van der Waals surface area contributed by atoms with Crippen LogP contribution in [-0.2, 0) is 22.5 Å². The molecule has 2 heterocycles. The number of carbonyl (C=O) groups is 2. The molecule has 0 radical (unpaired) electrons. The average molecular weight is 418 g/mol. The molecule has 6 nitrogen and oxygen atoms in total. The molecule has 0 saturated carbocycles. The Bertz CT molecular complexity index is 1010. The van der Waals surface area contributed by atoms with Gasteiger partial charge in [-0.2, -0.15) is 0 Å². The Morgan fingerprint density at radius 1 is 1.36 bits per heavy atom. The molecule has 3 aromatic rings. The minimum Gasteiger partial charge on any atom is -0.469 e. The second-order valence-corrected chi connectivity index (χ2v) is 7.61. The number of primary amides is 1. The SMILES string of the molecule is COC(=O)CCc1c(-c2nccs2)c(C(N)=O)c(C)n1Cc1cccc(Cl)c1. The Hall–Kier alpha value is -2.64. The Morgan fingerprint density at radius 3 is 2.75 bits per heavy atom. The second kappa shape index (κ2) is 8.58. The highest BCUT2D eigenvalue weighted by Gasteiger charge is 2.26. The number of hydrogen-bond acceptors (Lipinski definition) is 5. The largest absolute Gasteiger partial charge is 0.469 e. The number of ether oxygens (including phenoxy) is 1. The fraction of sp³-hybridized carbons (Fsp3) is 0.250. The lowest BCUT2D eigenvalue weighted by Crippen LogP contribution is -2.13. The summed E-state index contributed by atoms with van der Waals surface area (Å²) < 4.78 is 6.80. The number of aromatic nitrogens is 2. The molecule has 8 heteroatoms. The van der Waals surface area contributed by atoms with Gasteiger partial charge in [-0.15, -0.1) is 11.3 Å². The van der Waals surface area contributed by atoms with Gasteiger partial charge in [-0.1, -0.05) is 23.7 Å². The smallest absolute Gasteiger partial charge is 0.305 e. The van der Waals surface area contributed by atoms with Crippen molar-refractivity contribution in [3.05, 3.63) is 63.4 Å². The third-order valence-electron chi connectivity index (χ3n) is 4.55. The van der Waals surface area contributed by atoms with Crippen molar-refractivity contribution in [1.29, 1.82) is 0 Å². The molecule has 1 amide bonds. The molecule has 0 aliphatic rings. The van der Waals surface area contributed by atoms with Gasteiger partial charge in [0.1, 0.15) is 5.01 Å². The van der Waals surface area contributed by atoms with Gasteiger partial charge >= 0.3 is 5.97 Å². The number of benzene rings is 1. The van der Waals surface area contributed by atoms with Gasteiger partial charge in [-0.25, -0.2) is 4.98 Å². The number of halogens is 1. The van der Waals surface area contributed by atoms with Crippen molar-refractivity contribution < 1.29 is 14.3 Å². The van der Waals surface area contributed by atoms with Crippen LogP contribution in [0.25, 0.3) is 10.6 Å². The summed E-state index contributed by atoms with van der Waals surface area (Å²) in [5.41, 5.74) is 9.37. The average Bonchev–Trinajstić information content (AvgIpc) is 3.27. The zero-order valence-corrected chi connectivity index (χ0v) is 17.1. The predicted octanol–water partition coefficient (Wildman–Crippen LogP) is 3.83. The Balaban J connectivity index is 2.17. The first kappa shape index (κ1) is 20.1. The maximum Gasteiger partial charge on any atom is 0.305 e. The van der Waals surface area contributed by atoms with E-state index in [1.54, 1.807) is 6.20 Å². The van der Waals surface area contributed by atoms with Crippen LogP contribution in [0.15, 0.2) is 35.8 Å². The van der Waals surface area contributed by atoms with Crippen LogP contribution < -0.4 is 5.73 Å². The quantitative estimate of drug-likeness (QED) is 0.592. The molecular weight excluding hydrogens is 398 g/mol. The Kier molecular flexibility index (Phi) is 6.16. The molecule has 0 saturated heterocycles. The molecule has 0 fully saturated rings. The van der Waals surface area contributed by atoms with E-state index in [9.17, 15) is 9.59 Å². The van der Waals surface area contributed by atoms with Crippen LogP contribution in [0.5, 0.6) is 0 Å². The van der Waals surface area contributed by atoms with E-state index in [0.717, 1.165) is 17.0 Å². The molecule has 0 unspecified atom stereocenters. The summed E-state index contributed by atoms with van der Waals surface area (Å²) in [7, 11) is 1.36. The van der Waals surface area contributed by atoms with Gasteiger partial charge in [-0.05, 0) is 31.0 Å². The Morgan fingerprint density at radius 2 is 2.14 bits per heavy atom. The standard InChI is InChI=1S/C20H20ClN3O3S/c1-12-17(19(22)26)18(20-23-8-9-28-20)15(6-7-16(25)27-2)24(12)11-13-4-3-5-14(21)10-13/h3-5,8-10H,6-7,11H2,1-2H3,(H2,22,26). The van der Waals surface area contributed by atoms with Crippen molar-refractivity contribution in [2.45, 2.75) is 26.3 Å². The fourth-order valence-corrected chi connectivity index (χ4v) is 4.21. The van der Waals surface area contributed by atoms with E-state index in [0.29, 0.717) is 34.1 Å². The highest BCUT2D eigenvalue weighted by molar-refractivity contribution is 7.13. The minimum absolute atomic E-state index is 0.187. The second-order valence-electron chi connectivity index (χ2n) is 6.28. The van der Waals surface area contributed by atoms with E-state index < -0.39 is 5.91 Å². The van der Waals surface area contributed by atoms with Crippen molar-refractivity contribution in [3.8, 4) is 10.6 Å². The first-order valence-corrected chi connectivity index (χ1v) is 9.91. The van der Waals surface area contributed by atoms with Crippen LogP contribution in [0.2, 0.25) is 5.02 Å². The van der Waals surface area contributed by atoms with Crippen LogP contribution in [0.4, 0.5) is 0 Å². The maximum absolute atomic E-state index is 12.3. The van der Waals surface area contributed by atoms with Crippen LogP contribution in [0.1, 0.15) is 33.7 Å². The molecule has 0 aliphatic heterocycles. The Labute approximate surface area is 171 Å². The first-order valence-electron chi connectivity index (χ1n) is 8.65. The van der Waals surface area contributed by atoms with Crippen LogP contribution in [-0.4, -0.2) is 28.5 Å². The van der Waals surface area contributed by atoms with Crippen molar-refractivity contribution in [1.82, 2.24) is 9.55 Å². The number of hydrogen-bond donors (Lipinski definition) is 1. The van der Waals surface area contributed by atoms with Crippen molar-refractivity contribution in [2.24, 2.45) is 5.73 Å². The van der Waals surface area contributed by atoms with Crippen molar-refractivity contribution >= 4 is 34.8 Å². The molecule has 28 heavy (non-hydrogen) atoms. The lowest BCUT2D eigenvalue weighted by molar-refractivity contribution is -0.140. The number of methoxy groups -OCH3 is 1. The number of amides is 1. The predicted molar refractivity (Wildman–Crippen MR) is 110 cm³/mol. The normalized spacial score (nSPS) is 10.8.